The SMILES string of the molecule is CCOc1ccccc1C1C(C(=O)OCCSCC)=C(C)N=C2CC(C)(C)CC(=O)C21. The first-order valence-electron chi connectivity index (χ1n) is 11.1. The van der Waals surface area contributed by atoms with Crippen molar-refractivity contribution in [2.45, 2.75) is 53.4 Å². The molecule has 1 aromatic rings. The largest absolute Gasteiger partial charge is 0.494 e. The Morgan fingerprint density at radius 2 is 1.94 bits per heavy atom. The van der Waals surface area contributed by atoms with Crippen LogP contribution in [0.1, 0.15) is 58.9 Å². The summed E-state index contributed by atoms with van der Waals surface area (Å²) in [4.78, 5) is 31.4. The Bertz CT molecular complexity index is 903. The van der Waals surface area contributed by atoms with Crippen LogP contribution in [0.4, 0.5) is 0 Å². The molecule has 168 valence electrons. The van der Waals surface area contributed by atoms with E-state index in [-0.39, 0.29) is 17.2 Å². The molecule has 0 radical (unpaired) electrons. The molecule has 1 heterocycles. The fraction of sp³-hybridized carbons (Fsp3) is 0.560. The number of carbonyl (C=O) groups excluding carboxylic acids is 2. The fourth-order valence-corrected chi connectivity index (χ4v) is 5.12. The number of thioether (sulfide) groups is 1. The van der Waals surface area contributed by atoms with Gasteiger partial charge < -0.3 is 9.47 Å². The lowest BCUT2D eigenvalue weighted by molar-refractivity contribution is -0.139. The third kappa shape index (κ3) is 5.22. The van der Waals surface area contributed by atoms with E-state index >= 15 is 0 Å². The number of fused-ring (bicyclic) bond motifs is 1. The number of Topliss-reactive ketones (excluding diaryl/α,β-unsaturated/α-hetero) is 1. The van der Waals surface area contributed by atoms with Gasteiger partial charge in [-0.15, -0.1) is 0 Å². The van der Waals surface area contributed by atoms with E-state index in [0.717, 1.165) is 29.2 Å². The van der Waals surface area contributed by atoms with Crippen LogP contribution in [0.3, 0.4) is 0 Å². The van der Waals surface area contributed by atoms with Gasteiger partial charge in [0, 0.05) is 35.1 Å². The molecule has 0 bridgehead atoms. The first kappa shape index (κ1) is 23.6. The van der Waals surface area contributed by atoms with Crippen LogP contribution < -0.4 is 4.74 Å². The van der Waals surface area contributed by atoms with Gasteiger partial charge in [-0.25, -0.2) is 4.79 Å². The summed E-state index contributed by atoms with van der Waals surface area (Å²) in [5.41, 5.74) is 2.71. The number of esters is 1. The van der Waals surface area contributed by atoms with Gasteiger partial charge >= 0.3 is 5.97 Å². The Morgan fingerprint density at radius 1 is 1.19 bits per heavy atom. The number of aliphatic imine (C=N–C) groups is 1. The highest BCUT2D eigenvalue weighted by molar-refractivity contribution is 7.99. The number of carbonyl (C=O) groups is 2. The molecule has 2 aliphatic rings. The topological polar surface area (TPSA) is 65.0 Å². The molecule has 0 saturated heterocycles. The quantitative estimate of drug-likeness (QED) is 0.408. The molecule has 2 unspecified atom stereocenters. The number of rotatable bonds is 8. The molecule has 0 N–H and O–H groups in total. The normalized spacial score (nSPS) is 22.6. The monoisotopic (exact) mass is 443 g/mol. The van der Waals surface area contributed by atoms with Crippen LogP contribution in [0.25, 0.3) is 0 Å². The van der Waals surface area contributed by atoms with E-state index in [4.69, 9.17) is 14.5 Å². The van der Waals surface area contributed by atoms with Crippen LogP contribution in [-0.4, -0.2) is 42.2 Å². The van der Waals surface area contributed by atoms with Crippen LogP contribution in [0, 0.1) is 11.3 Å². The number of para-hydroxylation sites is 1. The Hall–Kier alpha value is -2.08. The van der Waals surface area contributed by atoms with Gasteiger partial charge in [0.1, 0.15) is 18.1 Å². The molecule has 1 saturated carbocycles. The zero-order valence-electron chi connectivity index (χ0n) is 19.2. The smallest absolute Gasteiger partial charge is 0.336 e. The number of ketones is 1. The predicted octanol–water partition coefficient (Wildman–Crippen LogP) is 5.20. The molecule has 31 heavy (non-hydrogen) atoms. The highest BCUT2D eigenvalue weighted by Crippen LogP contribution is 2.48. The lowest BCUT2D eigenvalue weighted by Gasteiger charge is -2.41. The first-order chi connectivity index (χ1) is 14.8. The first-order valence-corrected chi connectivity index (χ1v) is 12.2. The van der Waals surface area contributed by atoms with E-state index in [1.807, 2.05) is 38.1 Å². The van der Waals surface area contributed by atoms with Crippen molar-refractivity contribution in [1.82, 2.24) is 0 Å². The molecular formula is C25H33NO4S. The maximum Gasteiger partial charge on any atom is 0.336 e. The zero-order chi connectivity index (χ0) is 22.6. The highest BCUT2D eigenvalue weighted by Gasteiger charge is 2.48. The second kappa shape index (κ2) is 10.0. The molecule has 2 atom stereocenters. The van der Waals surface area contributed by atoms with Crippen LogP contribution in [0.5, 0.6) is 5.75 Å². The van der Waals surface area contributed by atoms with E-state index in [1.165, 1.54) is 0 Å². The average molecular weight is 444 g/mol. The van der Waals surface area contributed by atoms with Crippen LogP contribution in [0.2, 0.25) is 0 Å². The lowest BCUT2D eigenvalue weighted by atomic mass is 9.63. The molecule has 1 aliphatic carbocycles. The Balaban J connectivity index is 2.08. The van der Waals surface area contributed by atoms with Gasteiger partial charge in [0.25, 0.3) is 0 Å². The van der Waals surface area contributed by atoms with Crippen molar-refractivity contribution in [3.63, 3.8) is 0 Å². The van der Waals surface area contributed by atoms with Crippen molar-refractivity contribution in [2.75, 3.05) is 24.7 Å². The van der Waals surface area contributed by atoms with Gasteiger partial charge in [0.2, 0.25) is 0 Å². The van der Waals surface area contributed by atoms with Gasteiger partial charge in [0.05, 0.1) is 18.1 Å². The third-order valence-corrected chi connectivity index (χ3v) is 6.67. The van der Waals surface area contributed by atoms with Crippen molar-refractivity contribution in [2.24, 2.45) is 16.3 Å². The van der Waals surface area contributed by atoms with Gasteiger partial charge in [-0.1, -0.05) is 39.0 Å². The number of allylic oxidation sites excluding steroid dienone is 1. The molecular weight excluding hydrogens is 410 g/mol. The van der Waals surface area contributed by atoms with Crippen molar-refractivity contribution in [1.29, 1.82) is 0 Å². The Morgan fingerprint density at radius 3 is 2.65 bits per heavy atom. The van der Waals surface area contributed by atoms with E-state index in [9.17, 15) is 9.59 Å². The summed E-state index contributed by atoms with van der Waals surface area (Å²) in [6.45, 7) is 10.9. The van der Waals surface area contributed by atoms with Gasteiger partial charge in [-0.3, -0.25) is 9.79 Å². The minimum absolute atomic E-state index is 0.130. The van der Waals surface area contributed by atoms with E-state index in [0.29, 0.717) is 36.7 Å². The summed E-state index contributed by atoms with van der Waals surface area (Å²) >= 11 is 1.73. The van der Waals surface area contributed by atoms with Crippen molar-refractivity contribution < 1.29 is 19.1 Å². The molecule has 3 rings (SSSR count). The molecule has 6 heteroatoms. The molecule has 1 fully saturated rings. The molecule has 1 aliphatic heterocycles. The summed E-state index contributed by atoms with van der Waals surface area (Å²) in [5.74, 6) is 1.28. The number of nitrogens with zero attached hydrogens (tertiary/aromatic N) is 1. The van der Waals surface area contributed by atoms with E-state index < -0.39 is 11.8 Å². The molecule has 0 spiro atoms. The highest BCUT2D eigenvalue weighted by atomic mass is 32.2. The predicted molar refractivity (Wildman–Crippen MR) is 126 cm³/mol. The summed E-state index contributed by atoms with van der Waals surface area (Å²) in [5, 5.41) is 0. The molecule has 5 nitrogen and oxygen atoms in total. The standard InChI is InChI=1S/C25H33NO4S/c1-6-29-20-11-9-8-10-17(20)22-21(24(28)30-12-13-31-7-2)16(3)26-18-14-25(4,5)15-19(27)23(18)22/h8-11,22-23H,6-7,12-15H2,1-5H3. The fourth-order valence-electron chi connectivity index (χ4n) is 4.63. The number of benzene rings is 1. The number of hydrogen-bond acceptors (Lipinski definition) is 6. The van der Waals surface area contributed by atoms with Gasteiger partial charge in [0.15, 0.2) is 0 Å². The van der Waals surface area contributed by atoms with E-state index in [2.05, 4.69) is 20.8 Å². The average Bonchev–Trinajstić information content (AvgIpc) is 2.70. The number of hydrogen-bond donors (Lipinski definition) is 0. The van der Waals surface area contributed by atoms with Crippen LogP contribution >= 0.6 is 11.8 Å². The van der Waals surface area contributed by atoms with Crippen LogP contribution in [0.15, 0.2) is 40.5 Å². The summed E-state index contributed by atoms with van der Waals surface area (Å²) < 4.78 is 11.5. The van der Waals surface area contributed by atoms with Crippen molar-refractivity contribution >= 4 is 29.2 Å². The summed E-state index contributed by atoms with van der Waals surface area (Å²) in [6.07, 6.45) is 1.21. The second-order valence-corrected chi connectivity index (χ2v) is 10.2. The minimum atomic E-state index is -0.453. The molecule has 0 aromatic heterocycles. The summed E-state index contributed by atoms with van der Waals surface area (Å²) in [6, 6.07) is 7.70. The van der Waals surface area contributed by atoms with E-state index in [1.54, 1.807) is 11.8 Å². The second-order valence-electron chi connectivity index (χ2n) is 8.85. The maximum absolute atomic E-state index is 13.4. The van der Waals surface area contributed by atoms with Crippen LogP contribution in [-0.2, 0) is 14.3 Å². The Labute approximate surface area is 189 Å². The van der Waals surface area contributed by atoms with Crippen molar-refractivity contribution in [3.8, 4) is 5.75 Å². The Kier molecular flexibility index (Phi) is 7.63. The minimum Gasteiger partial charge on any atom is -0.494 e. The number of ether oxygens (including phenoxy) is 2. The zero-order valence-corrected chi connectivity index (χ0v) is 20.0. The van der Waals surface area contributed by atoms with Crippen molar-refractivity contribution in [3.05, 3.63) is 41.1 Å². The van der Waals surface area contributed by atoms with Gasteiger partial charge in [-0.2, -0.15) is 11.8 Å². The lowest BCUT2D eigenvalue weighted by Crippen LogP contribution is -2.44. The maximum atomic E-state index is 13.4. The third-order valence-electron chi connectivity index (χ3n) is 5.80. The summed E-state index contributed by atoms with van der Waals surface area (Å²) in [7, 11) is 0. The molecule has 0 amide bonds. The molecule has 1 aromatic carbocycles. The van der Waals surface area contributed by atoms with Gasteiger partial charge in [-0.05, 0) is 37.5 Å².